The molecule has 2 heterocycles. The predicted octanol–water partition coefficient (Wildman–Crippen LogP) is 0.891. The van der Waals surface area contributed by atoms with Crippen LogP contribution in [-0.4, -0.2) is 36.3 Å². The van der Waals surface area contributed by atoms with Crippen molar-refractivity contribution in [2.75, 3.05) is 26.1 Å². The number of rotatable bonds is 6. The standard InChI is InChI=1S/C10H15N5O2S/c1-15(2)10-13-9(16-3)7(18-10)4-11-5-8-12-6-17-14-8/h6,11H,4-5H2,1-3H3. The van der Waals surface area contributed by atoms with Crippen molar-refractivity contribution in [1.29, 1.82) is 0 Å². The van der Waals surface area contributed by atoms with Crippen LogP contribution in [0.1, 0.15) is 10.7 Å². The molecular formula is C10H15N5O2S. The van der Waals surface area contributed by atoms with E-state index in [0.717, 1.165) is 10.0 Å². The lowest BCUT2D eigenvalue weighted by Crippen LogP contribution is -2.13. The third kappa shape index (κ3) is 2.96. The Bertz CT molecular complexity index is 482. The lowest BCUT2D eigenvalue weighted by atomic mass is 10.5. The predicted molar refractivity (Wildman–Crippen MR) is 67.8 cm³/mol. The molecule has 0 fully saturated rings. The van der Waals surface area contributed by atoms with Crippen LogP contribution in [0, 0.1) is 0 Å². The summed E-state index contributed by atoms with van der Waals surface area (Å²) in [6.07, 6.45) is 1.31. The molecular weight excluding hydrogens is 254 g/mol. The molecule has 18 heavy (non-hydrogen) atoms. The van der Waals surface area contributed by atoms with Crippen molar-refractivity contribution in [2.45, 2.75) is 13.1 Å². The second-order valence-corrected chi connectivity index (χ2v) is 4.84. The molecule has 0 radical (unpaired) electrons. The van der Waals surface area contributed by atoms with Gasteiger partial charge in [-0.1, -0.05) is 16.5 Å². The highest BCUT2D eigenvalue weighted by Gasteiger charge is 2.12. The molecule has 7 nitrogen and oxygen atoms in total. The average molecular weight is 269 g/mol. The van der Waals surface area contributed by atoms with E-state index < -0.39 is 0 Å². The van der Waals surface area contributed by atoms with Gasteiger partial charge in [0.15, 0.2) is 11.0 Å². The molecule has 0 bridgehead atoms. The molecule has 98 valence electrons. The lowest BCUT2D eigenvalue weighted by Gasteiger charge is -2.04. The van der Waals surface area contributed by atoms with Gasteiger partial charge in [0.2, 0.25) is 12.3 Å². The summed E-state index contributed by atoms with van der Waals surface area (Å²) in [7, 11) is 5.53. The van der Waals surface area contributed by atoms with Gasteiger partial charge in [-0.2, -0.15) is 9.97 Å². The Morgan fingerprint density at radius 2 is 2.28 bits per heavy atom. The SMILES string of the molecule is COc1nc(N(C)C)sc1CNCc1ncon1. The van der Waals surface area contributed by atoms with Gasteiger partial charge in [-0.3, -0.25) is 0 Å². The van der Waals surface area contributed by atoms with Gasteiger partial charge in [-0.05, 0) is 0 Å². The number of ether oxygens (including phenoxy) is 1. The van der Waals surface area contributed by atoms with E-state index in [2.05, 4.69) is 25.0 Å². The maximum atomic E-state index is 5.25. The minimum atomic E-state index is 0.550. The van der Waals surface area contributed by atoms with Crippen molar-refractivity contribution in [3.63, 3.8) is 0 Å². The molecule has 0 aliphatic carbocycles. The smallest absolute Gasteiger partial charge is 0.230 e. The topological polar surface area (TPSA) is 76.3 Å². The number of aromatic nitrogens is 3. The van der Waals surface area contributed by atoms with Gasteiger partial charge in [0.25, 0.3) is 0 Å². The quantitative estimate of drug-likeness (QED) is 0.834. The minimum absolute atomic E-state index is 0.550. The maximum Gasteiger partial charge on any atom is 0.230 e. The van der Waals surface area contributed by atoms with Gasteiger partial charge < -0.3 is 19.5 Å². The number of hydrogen-bond acceptors (Lipinski definition) is 8. The van der Waals surface area contributed by atoms with Crippen molar-refractivity contribution >= 4 is 16.5 Å². The van der Waals surface area contributed by atoms with Crippen molar-refractivity contribution in [3.05, 3.63) is 17.1 Å². The van der Waals surface area contributed by atoms with Gasteiger partial charge in [0, 0.05) is 20.6 Å². The minimum Gasteiger partial charge on any atom is -0.480 e. The van der Waals surface area contributed by atoms with E-state index in [0.29, 0.717) is 24.8 Å². The molecule has 0 aromatic carbocycles. The number of nitrogens with one attached hydrogen (secondary N) is 1. The molecule has 1 N–H and O–H groups in total. The van der Waals surface area contributed by atoms with Crippen LogP contribution in [0.4, 0.5) is 5.13 Å². The summed E-state index contributed by atoms with van der Waals surface area (Å²) in [5.74, 6) is 1.29. The summed E-state index contributed by atoms with van der Waals surface area (Å²) < 4.78 is 9.90. The number of anilines is 1. The maximum absolute atomic E-state index is 5.25. The Morgan fingerprint density at radius 3 is 2.89 bits per heavy atom. The van der Waals surface area contributed by atoms with E-state index in [4.69, 9.17) is 4.74 Å². The molecule has 0 saturated carbocycles. The largest absolute Gasteiger partial charge is 0.480 e. The van der Waals surface area contributed by atoms with E-state index in [9.17, 15) is 0 Å². The van der Waals surface area contributed by atoms with Crippen LogP contribution in [0.2, 0.25) is 0 Å². The summed E-state index contributed by atoms with van der Waals surface area (Å²) >= 11 is 1.59. The first-order chi connectivity index (χ1) is 8.70. The monoisotopic (exact) mass is 269 g/mol. The van der Waals surface area contributed by atoms with Crippen LogP contribution in [0.3, 0.4) is 0 Å². The van der Waals surface area contributed by atoms with Gasteiger partial charge in [0.1, 0.15) is 0 Å². The Kier molecular flexibility index (Phi) is 4.11. The first-order valence-corrected chi connectivity index (χ1v) is 6.19. The third-order valence-electron chi connectivity index (χ3n) is 2.20. The molecule has 0 amide bonds. The van der Waals surface area contributed by atoms with Crippen LogP contribution in [-0.2, 0) is 13.1 Å². The number of thiazole rings is 1. The van der Waals surface area contributed by atoms with Crippen molar-refractivity contribution in [2.24, 2.45) is 0 Å². The number of hydrogen-bond donors (Lipinski definition) is 1. The summed E-state index contributed by atoms with van der Waals surface area (Å²) in [5, 5.41) is 7.86. The summed E-state index contributed by atoms with van der Waals surface area (Å²) in [6.45, 7) is 1.21. The molecule has 0 spiro atoms. The fraction of sp³-hybridized carbons (Fsp3) is 0.500. The van der Waals surface area contributed by atoms with Crippen LogP contribution in [0.25, 0.3) is 0 Å². The molecule has 0 aliphatic heterocycles. The highest BCUT2D eigenvalue weighted by molar-refractivity contribution is 7.15. The summed E-state index contributed by atoms with van der Waals surface area (Å²) in [6, 6.07) is 0. The van der Waals surface area contributed by atoms with Gasteiger partial charge in [0.05, 0.1) is 18.5 Å². The van der Waals surface area contributed by atoms with E-state index in [1.807, 2.05) is 19.0 Å². The number of nitrogens with zero attached hydrogens (tertiary/aromatic N) is 4. The fourth-order valence-corrected chi connectivity index (χ4v) is 2.27. The van der Waals surface area contributed by atoms with Crippen molar-refractivity contribution in [3.8, 4) is 5.88 Å². The molecule has 2 rings (SSSR count). The Labute approximate surface area is 109 Å². The zero-order valence-corrected chi connectivity index (χ0v) is 11.3. The first kappa shape index (κ1) is 12.8. The molecule has 0 unspecified atom stereocenters. The molecule has 0 aliphatic rings. The highest BCUT2D eigenvalue weighted by Crippen LogP contribution is 2.30. The van der Waals surface area contributed by atoms with Crippen LogP contribution >= 0.6 is 11.3 Å². The Hall–Kier alpha value is -1.67. The van der Waals surface area contributed by atoms with E-state index >= 15 is 0 Å². The lowest BCUT2D eigenvalue weighted by molar-refractivity contribution is 0.393. The second-order valence-electron chi connectivity index (χ2n) is 3.77. The Balaban J connectivity index is 1.95. The number of methoxy groups -OCH3 is 1. The van der Waals surface area contributed by atoms with Crippen molar-refractivity contribution in [1.82, 2.24) is 20.4 Å². The van der Waals surface area contributed by atoms with Gasteiger partial charge in [-0.25, -0.2) is 0 Å². The zero-order valence-electron chi connectivity index (χ0n) is 10.5. The second kappa shape index (κ2) is 5.78. The van der Waals surface area contributed by atoms with Gasteiger partial charge in [-0.15, -0.1) is 0 Å². The third-order valence-corrected chi connectivity index (χ3v) is 3.41. The highest BCUT2D eigenvalue weighted by atomic mass is 32.1. The zero-order chi connectivity index (χ0) is 13.0. The molecule has 0 saturated heterocycles. The van der Waals surface area contributed by atoms with Crippen molar-refractivity contribution < 1.29 is 9.26 Å². The molecule has 0 atom stereocenters. The van der Waals surface area contributed by atoms with Crippen LogP contribution in [0.5, 0.6) is 5.88 Å². The fourth-order valence-electron chi connectivity index (χ4n) is 1.35. The summed E-state index contributed by atoms with van der Waals surface area (Å²) in [4.78, 5) is 11.3. The molecule has 8 heteroatoms. The van der Waals surface area contributed by atoms with Gasteiger partial charge >= 0.3 is 0 Å². The van der Waals surface area contributed by atoms with E-state index in [1.165, 1.54) is 6.39 Å². The average Bonchev–Trinajstić information content (AvgIpc) is 2.97. The van der Waals surface area contributed by atoms with E-state index in [1.54, 1.807) is 18.4 Å². The van der Waals surface area contributed by atoms with Crippen LogP contribution < -0.4 is 15.0 Å². The molecule has 2 aromatic rings. The van der Waals surface area contributed by atoms with Crippen LogP contribution in [0.15, 0.2) is 10.9 Å². The van der Waals surface area contributed by atoms with E-state index in [-0.39, 0.29) is 0 Å². The summed E-state index contributed by atoms with van der Waals surface area (Å²) in [5.41, 5.74) is 0. The first-order valence-electron chi connectivity index (χ1n) is 5.37. The normalized spacial score (nSPS) is 10.6. The Morgan fingerprint density at radius 1 is 1.44 bits per heavy atom. The molecule has 2 aromatic heterocycles.